The number of nitrogens with zero attached hydrogens (tertiary/aromatic N) is 2. The van der Waals surface area contributed by atoms with Crippen LogP contribution in [0, 0.1) is 6.92 Å². The lowest BCUT2D eigenvalue weighted by molar-refractivity contribution is -0.121. The Morgan fingerprint density at radius 2 is 2.15 bits per heavy atom. The Bertz CT molecular complexity index is 619. The molecule has 2 aliphatic heterocycles. The second-order valence-corrected chi connectivity index (χ2v) is 7.56. The smallest absolute Gasteiger partial charge is 0.265 e. The summed E-state index contributed by atoms with van der Waals surface area (Å²) in [4.78, 5) is 16.8. The van der Waals surface area contributed by atoms with Gasteiger partial charge in [0, 0.05) is 32.3 Å². The van der Waals surface area contributed by atoms with E-state index in [0.717, 1.165) is 68.9 Å². The molecule has 1 unspecified atom stereocenters. The van der Waals surface area contributed by atoms with Crippen molar-refractivity contribution in [3.8, 4) is 5.75 Å². The molecule has 2 heterocycles. The van der Waals surface area contributed by atoms with Crippen molar-refractivity contribution in [1.29, 1.82) is 0 Å². The highest BCUT2D eigenvalue weighted by Crippen LogP contribution is 2.33. The van der Waals surface area contributed by atoms with Crippen molar-refractivity contribution < 1.29 is 14.3 Å². The van der Waals surface area contributed by atoms with Gasteiger partial charge in [0.25, 0.3) is 5.91 Å². The molecule has 0 saturated carbocycles. The number of fused-ring (bicyclic) bond motifs is 1. The third-order valence-corrected chi connectivity index (χ3v) is 5.41. The summed E-state index contributed by atoms with van der Waals surface area (Å²) >= 11 is 0. The van der Waals surface area contributed by atoms with Crippen LogP contribution in [0.25, 0.3) is 0 Å². The number of anilines is 1. The van der Waals surface area contributed by atoms with E-state index >= 15 is 0 Å². The third kappa shape index (κ3) is 4.57. The molecule has 0 spiro atoms. The highest BCUT2D eigenvalue weighted by molar-refractivity contribution is 5.97. The lowest BCUT2D eigenvalue weighted by atomic mass is 10.0. The van der Waals surface area contributed by atoms with Crippen molar-refractivity contribution in [2.75, 3.05) is 37.7 Å². The molecule has 144 valence electrons. The van der Waals surface area contributed by atoms with Gasteiger partial charge in [-0.3, -0.25) is 4.79 Å². The van der Waals surface area contributed by atoms with Gasteiger partial charge >= 0.3 is 0 Å². The molecule has 5 nitrogen and oxygen atoms in total. The van der Waals surface area contributed by atoms with Crippen LogP contribution in [0.4, 0.5) is 5.69 Å². The largest absolute Gasteiger partial charge is 0.482 e. The summed E-state index contributed by atoms with van der Waals surface area (Å²) < 4.78 is 11.5. The summed E-state index contributed by atoms with van der Waals surface area (Å²) in [5, 5.41) is 0. The Hall–Kier alpha value is -1.59. The van der Waals surface area contributed by atoms with E-state index in [1.807, 2.05) is 30.0 Å². The van der Waals surface area contributed by atoms with Gasteiger partial charge < -0.3 is 19.3 Å². The second kappa shape index (κ2) is 8.87. The Kier molecular flexibility index (Phi) is 6.54. The molecule has 0 bridgehead atoms. The molecule has 1 aromatic rings. The van der Waals surface area contributed by atoms with Crippen LogP contribution < -0.4 is 9.64 Å². The van der Waals surface area contributed by atoms with Crippen LogP contribution in [0.2, 0.25) is 0 Å². The molecule has 1 fully saturated rings. The fourth-order valence-electron chi connectivity index (χ4n) is 3.93. The van der Waals surface area contributed by atoms with Crippen molar-refractivity contribution in [3.05, 3.63) is 23.8 Å². The minimum absolute atomic E-state index is 0.0582. The molecule has 1 amide bonds. The van der Waals surface area contributed by atoms with Crippen LogP contribution in [0.15, 0.2) is 18.2 Å². The van der Waals surface area contributed by atoms with E-state index in [-0.39, 0.29) is 12.5 Å². The van der Waals surface area contributed by atoms with Crippen LogP contribution in [0.3, 0.4) is 0 Å². The molecule has 0 aromatic heterocycles. The summed E-state index contributed by atoms with van der Waals surface area (Å²) in [6.07, 6.45) is 4.70. The van der Waals surface area contributed by atoms with Crippen LogP contribution in [0.5, 0.6) is 5.75 Å². The highest BCUT2D eigenvalue weighted by Gasteiger charge is 2.28. The number of amides is 1. The van der Waals surface area contributed by atoms with Crippen LogP contribution >= 0.6 is 0 Å². The zero-order chi connectivity index (χ0) is 18.5. The Morgan fingerprint density at radius 3 is 2.92 bits per heavy atom. The third-order valence-electron chi connectivity index (χ3n) is 5.41. The van der Waals surface area contributed by atoms with Gasteiger partial charge in [0.15, 0.2) is 6.61 Å². The van der Waals surface area contributed by atoms with E-state index < -0.39 is 0 Å². The number of hydrogen-bond acceptors (Lipinski definition) is 4. The van der Waals surface area contributed by atoms with Crippen LogP contribution in [0.1, 0.15) is 45.1 Å². The number of benzene rings is 1. The van der Waals surface area contributed by atoms with E-state index in [1.165, 1.54) is 0 Å². The van der Waals surface area contributed by atoms with E-state index in [1.54, 1.807) is 0 Å². The molecular weight excluding hydrogens is 328 g/mol. The number of rotatable bonds is 7. The standard InChI is InChI=1S/C21H32N2O3/c1-4-12-25-18-8-11-22(17(3)14-18)9-5-10-23-19-13-16(2)6-7-20(19)26-15-21(23)24/h6-7,13,17-18H,4-5,8-12,14-15H2,1-3H3/t17?,18-/m1/s1. The second-order valence-electron chi connectivity index (χ2n) is 7.56. The first kappa shape index (κ1) is 19.2. The number of carbonyl (C=O) groups excluding carboxylic acids is 1. The summed E-state index contributed by atoms with van der Waals surface area (Å²) in [6, 6.07) is 6.58. The lowest BCUT2D eigenvalue weighted by Gasteiger charge is -2.38. The number of ether oxygens (including phenoxy) is 2. The van der Waals surface area contributed by atoms with Gasteiger partial charge in [0.1, 0.15) is 5.75 Å². The molecule has 2 atom stereocenters. The average molecular weight is 360 g/mol. The van der Waals surface area contributed by atoms with E-state index in [9.17, 15) is 4.79 Å². The Labute approximate surface area is 157 Å². The summed E-state index contributed by atoms with van der Waals surface area (Å²) in [5.41, 5.74) is 2.07. The number of piperidine rings is 1. The maximum absolute atomic E-state index is 12.3. The first-order valence-electron chi connectivity index (χ1n) is 9.98. The predicted octanol–water partition coefficient (Wildman–Crippen LogP) is 3.39. The monoisotopic (exact) mass is 360 g/mol. The molecule has 0 radical (unpaired) electrons. The van der Waals surface area contributed by atoms with Crippen molar-refractivity contribution in [2.24, 2.45) is 0 Å². The average Bonchev–Trinajstić information content (AvgIpc) is 2.63. The van der Waals surface area contributed by atoms with Gasteiger partial charge in [-0.2, -0.15) is 0 Å². The molecule has 5 heteroatoms. The molecule has 1 aromatic carbocycles. The van der Waals surface area contributed by atoms with Crippen molar-refractivity contribution in [3.63, 3.8) is 0 Å². The topological polar surface area (TPSA) is 42.0 Å². The predicted molar refractivity (Wildman–Crippen MR) is 104 cm³/mol. The maximum Gasteiger partial charge on any atom is 0.265 e. The van der Waals surface area contributed by atoms with Gasteiger partial charge in [-0.15, -0.1) is 0 Å². The normalized spacial score (nSPS) is 23.7. The molecular formula is C21H32N2O3. The van der Waals surface area contributed by atoms with Crippen molar-refractivity contribution in [2.45, 2.75) is 58.6 Å². The van der Waals surface area contributed by atoms with E-state index in [2.05, 4.69) is 18.7 Å². The van der Waals surface area contributed by atoms with Crippen molar-refractivity contribution >= 4 is 11.6 Å². The van der Waals surface area contributed by atoms with E-state index in [4.69, 9.17) is 9.47 Å². The van der Waals surface area contributed by atoms with Crippen LogP contribution in [-0.4, -0.2) is 55.8 Å². The Morgan fingerprint density at radius 1 is 1.31 bits per heavy atom. The zero-order valence-electron chi connectivity index (χ0n) is 16.4. The fourth-order valence-corrected chi connectivity index (χ4v) is 3.93. The number of hydrogen-bond donors (Lipinski definition) is 0. The van der Waals surface area contributed by atoms with Gasteiger partial charge in [0.05, 0.1) is 11.8 Å². The molecule has 1 saturated heterocycles. The number of aryl methyl sites for hydroxylation is 1. The highest BCUT2D eigenvalue weighted by atomic mass is 16.5. The minimum Gasteiger partial charge on any atom is -0.482 e. The number of likely N-dealkylation sites (tertiary alicyclic amines) is 1. The first-order chi connectivity index (χ1) is 12.6. The molecule has 0 aliphatic carbocycles. The van der Waals surface area contributed by atoms with Crippen molar-refractivity contribution in [1.82, 2.24) is 4.90 Å². The quantitative estimate of drug-likeness (QED) is 0.747. The van der Waals surface area contributed by atoms with Gasteiger partial charge in [-0.1, -0.05) is 13.0 Å². The summed E-state index contributed by atoms with van der Waals surface area (Å²) in [5.74, 6) is 0.875. The summed E-state index contributed by atoms with van der Waals surface area (Å²) in [7, 11) is 0. The molecule has 2 aliphatic rings. The molecule has 3 rings (SSSR count). The van der Waals surface area contributed by atoms with Gasteiger partial charge in [-0.25, -0.2) is 0 Å². The van der Waals surface area contributed by atoms with Crippen LogP contribution in [-0.2, 0) is 9.53 Å². The molecule has 26 heavy (non-hydrogen) atoms. The first-order valence-corrected chi connectivity index (χ1v) is 9.98. The zero-order valence-corrected chi connectivity index (χ0v) is 16.4. The number of carbonyl (C=O) groups is 1. The SMILES string of the molecule is CCCO[C@@H]1CCN(CCCN2C(=O)COc3ccc(C)cc32)C(C)C1. The Balaban J connectivity index is 1.51. The fraction of sp³-hybridized carbons (Fsp3) is 0.667. The van der Waals surface area contributed by atoms with Gasteiger partial charge in [0.2, 0.25) is 0 Å². The summed E-state index contributed by atoms with van der Waals surface area (Å²) in [6.45, 7) is 10.4. The lowest BCUT2D eigenvalue weighted by Crippen LogP contribution is -2.45. The maximum atomic E-state index is 12.3. The molecule has 0 N–H and O–H groups in total. The van der Waals surface area contributed by atoms with Gasteiger partial charge in [-0.05, 0) is 57.2 Å². The van der Waals surface area contributed by atoms with E-state index in [0.29, 0.717) is 12.1 Å². The minimum atomic E-state index is 0.0582.